The van der Waals surface area contributed by atoms with Gasteiger partial charge in [-0.1, -0.05) is 36.4 Å². The first-order valence-corrected chi connectivity index (χ1v) is 11.9. The van der Waals surface area contributed by atoms with Gasteiger partial charge in [0.2, 0.25) is 0 Å². The molecule has 1 amide bonds. The van der Waals surface area contributed by atoms with Crippen LogP contribution in [-0.2, 0) is 9.53 Å². The van der Waals surface area contributed by atoms with Crippen LogP contribution >= 0.6 is 0 Å². The summed E-state index contributed by atoms with van der Waals surface area (Å²) in [5, 5.41) is 7.80. The van der Waals surface area contributed by atoms with Crippen LogP contribution in [0.15, 0.2) is 77.6 Å². The summed E-state index contributed by atoms with van der Waals surface area (Å²) in [7, 11) is 0. The number of hydrogen-bond donors (Lipinski definition) is 1. The smallest absolute Gasteiger partial charge is 0.359 e. The second-order valence-corrected chi connectivity index (χ2v) is 8.76. The Morgan fingerprint density at radius 1 is 0.917 bits per heavy atom. The number of carbonyl (C=O) groups excluding carboxylic acids is 2. The molecule has 8 nitrogen and oxygen atoms in total. The molecular weight excluding hydrogens is 456 g/mol. The van der Waals surface area contributed by atoms with Crippen molar-refractivity contribution in [3.05, 3.63) is 94.4 Å². The van der Waals surface area contributed by atoms with Crippen LogP contribution in [0.2, 0.25) is 0 Å². The molecule has 3 aromatic carbocycles. The van der Waals surface area contributed by atoms with E-state index in [1.807, 2.05) is 25.1 Å². The predicted octanol–water partition coefficient (Wildman–Crippen LogP) is 4.09. The zero-order chi connectivity index (χ0) is 25.1. The van der Waals surface area contributed by atoms with E-state index in [1.54, 1.807) is 48.5 Å². The average Bonchev–Trinajstić information content (AvgIpc) is 3.45. The molecule has 0 unspecified atom stereocenters. The van der Waals surface area contributed by atoms with Gasteiger partial charge in [-0.3, -0.25) is 9.59 Å². The summed E-state index contributed by atoms with van der Waals surface area (Å²) in [6.07, 6.45) is 2.38. The third-order valence-electron chi connectivity index (χ3n) is 6.29. The SMILES string of the molecule is Cc1cc(N2CCCC2)ccc1NC(=O)COC(=O)c1nn(-c2ccccc2)c(=O)c2ccccc12. The Bertz CT molecular complexity index is 1490. The molecule has 0 radical (unpaired) electrons. The highest BCUT2D eigenvalue weighted by Gasteiger charge is 2.20. The van der Waals surface area contributed by atoms with Gasteiger partial charge in [-0.15, -0.1) is 0 Å². The average molecular weight is 483 g/mol. The van der Waals surface area contributed by atoms with Gasteiger partial charge in [-0.25, -0.2) is 4.79 Å². The van der Waals surface area contributed by atoms with Crippen LogP contribution in [0.1, 0.15) is 28.9 Å². The highest BCUT2D eigenvalue weighted by atomic mass is 16.5. The minimum Gasteiger partial charge on any atom is -0.451 e. The number of aryl methyl sites for hydroxylation is 1. The lowest BCUT2D eigenvalue weighted by Crippen LogP contribution is -2.27. The summed E-state index contributed by atoms with van der Waals surface area (Å²) in [6.45, 7) is 3.54. The molecule has 1 aromatic heterocycles. The Morgan fingerprint density at radius 2 is 1.61 bits per heavy atom. The third kappa shape index (κ3) is 4.70. The van der Waals surface area contributed by atoms with E-state index in [1.165, 1.54) is 17.5 Å². The maximum Gasteiger partial charge on any atom is 0.359 e. The number of esters is 1. The molecule has 0 bridgehead atoms. The van der Waals surface area contributed by atoms with Gasteiger partial charge in [0.25, 0.3) is 11.5 Å². The number of para-hydroxylation sites is 1. The normalized spacial score (nSPS) is 13.1. The summed E-state index contributed by atoms with van der Waals surface area (Å²) < 4.78 is 6.48. The molecule has 1 fully saturated rings. The van der Waals surface area contributed by atoms with Crippen molar-refractivity contribution in [3.63, 3.8) is 0 Å². The molecule has 4 aromatic rings. The predicted molar refractivity (Wildman–Crippen MR) is 139 cm³/mol. The number of rotatable bonds is 6. The topological polar surface area (TPSA) is 93.5 Å². The number of fused-ring (bicyclic) bond motifs is 1. The highest BCUT2D eigenvalue weighted by Crippen LogP contribution is 2.25. The van der Waals surface area contributed by atoms with E-state index in [2.05, 4.69) is 21.4 Å². The lowest BCUT2D eigenvalue weighted by Gasteiger charge is -2.19. The maximum atomic E-state index is 13.0. The summed E-state index contributed by atoms with van der Waals surface area (Å²) in [6, 6.07) is 21.5. The van der Waals surface area contributed by atoms with E-state index in [4.69, 9.17) is 4.74 Å². The number of aromatic nitrogens is 2. The summed E-state index contributed by atoms with van der Waals surface area (Å²) in [5.74, 6) is -1.24. The Hall–Kier alpha value is -4.46. The van der Waals surface area contributed by atoms with Gasteiger partial charge in [0.1, 0.15) is 0 Å². The fourth-order valence-corrected chi connectivity index (χ4v) is 4.43. The van der Waals surface area contributed by atoms with Gasteiger partial charge >= 0.3 is 5.97 Å². The first kappa shape index (κ1) is 23.3. The maximum absolute atomic E-state index is 13.0. The summed E-state index contributed by atoms with van der Waals surface area (Å²) in [5.41, 5.74) is 2.88. The number of nitrogens with one attached hydrogen (secondary N) is 1. The minimum absolute atomic E-state index is 0.0343. The van der Waals surface area contributed by atoms with Crippen molar-refractivity contribution in [2.45, 2.75) is 19.8 Å². The van der Waals surface area contributed by atoms with E-state index in [9.17, 15) is 14.4 Å². The molecule has 0 aliphatic carbocycles. The van der Waals surface area contributed by atoms with Gasteiger partial charge in [0.05, 0.1) is 11.1 Å². The highest BCUT2D eigenvalue weighted by molar-refractivity contribution is 6.03. The minimum atomic E-state index is -0.785. The Morgan fingerprint density at radius 3 is 2.33 bits per heavy atom. The van der Waals surface area contributed by atoms with E-state index < -0.39 is 18.5 Å². The van der Waals surface area contributed by atoms with Gasteiger partial charge in [0, 0.05) is 29.9 Å². The molecule has 0 spiro atoms. The van der Waals surface area contributed by atoms with Crippen molar-refractivity contribution in [1.29, 1.82) is 0 Å². The molecule has 2 heterocycles. The van der Waals surface area contributed by atoms with E-state index in [0.29, 0.717) is 22.1 Å². The lowest BCUT2D eigenvalue weighted by atomic mass is 10.1. The van der Waals surface area contributed by atoms with Crippen LogP contribution in [0.4, 0.5) is 11.4 Å². The monoisotopic (exact) mass is 482 g/mol. The van der Waals surface area contributed by atoms with Crippen molar-refractivity contribution in [1.82, 2.24) is 9.78 Å². The summed E-state index contributed by atoms with van der Waals surface area (Å²) in [4.78, 5) is 40.9. The third-order valence-corrected chi connectivity index (χ3v) is 6.29. The van der Waals surface area contributed by atoms with Crippen molar-refractivity contribution in [2.75, 3.05) is 29.9 Å². The summed E-state index contributed by atoms with van der Waals surface area (Å²) >= 11 is 0. The van der Waals surface area contributed by atoms with Crippen molar-refractivity contribution < 1.29 is 14.3 Å². The molecule has 0 atom stereocenters. The van der Waals surface area contributed by atoms with Gasteiger partial charge < -0.3 is 15.0 Å². The molecule has 1 aliphatic rings. The molecule has 1 saturated heterocycles. The molecular formula is C28H26N4O4. The Labute approximate surface area is 208 Å². The second kappa shape index (κ2) is 10.0. The van der Waals surface area contributed by atoms with Crippen LogP contribution < -0.4 is 15.8 Å². The quantitative estimate of drug-likeness (QED) is 0.416. The van der Waals surface area contributed by atoms with E-state index in [0.717, 1.165) is 24.3 Å². The molecule has 8 heteroatoms. The number of carbonyl (C=O) groups is 2. The van der Waals surface area contributed by atoms with Crippen LogP contribution in [0.25, 0.3) is 16.5 Å². The standard InChI is InChI=1S/C28H26N4O4/c1-19-17-21(31-15-7-8-16-31)13-14-24(19)29-25(33)18-36-28(35)26-22-11-5-6-12-23(22)27(34)32(30-26)20-9-3-2-4-10-20/h2-6,9-14,17H,7-8,15-16,18H2,1H3,(H,29,33). The fraction of sp³-hybridized carbons (Fsp3) is 0.214. The van der Waals surface area contributed by atoms with Crippen LogP contribution in [0.5, 0.6) is 0 Å². The number of amides is 1. The van der Waals surface area contributed by atoms with Crippen LogP contribution in [0.3, 0.4) is 0 Å². The fourth-order valence-electron chi connectivity index (χ4n) is 4.43. The Balaban J connectivity index is 1.33. The van der Waals surface area contributed by atoms with Crippen molar-refractivity contribution in [3.8, 4) is 5.69 Å². The molecule has 5 rings (SSSR count). The Kier molecular flexibility index (Phi) is 6.49. The van der Waals surface area contributed by atoms with Crippen molar-refractivity contribution in [2.24, 2.45) is 0 Å². The largest absolute Gasteiger partial charge is 0.451 e. The number of benzene rings is 3. The van der Waals surface area contributed by atoms with Crippen LogP contribution in [-0.4, -0.2) is 41.4 Å². The molecule has 0 saturated carbocycles. The van der Waals surface area contributed by atoms with E-state index in [-0.39, 0.29) is 11.3 Å². The number of nitrogens with zero attached hydrogens (tertiary/aromatic N) is 3. The second-order valence-electron chi connectivity index (χ2n) is 8.76. The molecule has 1 N–H and O–H groups in total. The number of anilines is 2. The lowest BCUT2D eigenvalue weighted by molar-refractivity contribution is -0.119. The molecule has 182 valence electrons. The number of ether oxygens (including phenoxy) is 1. The van der Waals surface area contributed by atoms with Gasteiger partial charge in [-0.05, 0) is 61.7 Å². The number of hydrogen-bond acceptors (Lipinski definition) is 6. The van der Waals surface area contributed by atoms with Crippen LogP contribution in [0, 0.1) is 6.92 Å². The zero-order valence-electron chi connectivity index (χ0n) is 19.9. The molecule has 1 aliphatic heterocycles. The van der Waals surface area contributed by atoms with E-state index >= 15 is 0 Å². The zero-order valence-corrected chi connectivity index (χ0v) is 19.9. The first-order chi connectivity index (χ1) is 17.5. The van der Waals surface area contributed by atoms with Crippen molar-refractivity contribution >= 4 is 34.0 Å². The van der Waals surface area contributed by atoms with Gasteiger partial charge in [0.15, 0.2) is 12.3 Å². The first-order valence-electron chi connectivity index (χ1n) is 11.9. The van der Waals surface area contributed by atoms with Gasteiger partial charge in [-0.2, -0.15) is 9.78 Å². The molecule has 36 heavy (non-hydrogen) atoms.